The van der Waals surface area contributed by atoms with Crippen molar-refractivity contribution in [2.45, 2.75) is 13.8 Å². The summed E-state index contributed by atoms with van der Waals surface area (Å²) in [5.74, 6) is -0.997. The van der Waals surface area contributed by atoms with Crippen LogP contribution in [0.15, 0.2) is 47.6 Å². The van der Waals surface area contributed by atoms with Crippen LogP contribution in [0.1, 0.15) is 28.4 Å². The molecule has 0 fully saturated rings. The number of rotatable bonds is 5. The number of anilines is 1. The van der Waals surface area contributed by atoms with E-state index in [1.807, 2.05) is 0 Å². The molecule has 0 radical (unpaired) electrons. The lowest BCUT2D eigenvalue weighted by Gasteiger charge is -2.05. The Hall–Kier alpha value is -3.22. The molecule has 0 atom stereocenters. The molecule has 0 unspecified atom stereocenters. The Labute approximate surface area is 132 Å². The van der Waals surface area contributed by atoms with Gasteiger partial charge in [0.05, 0.1) is 21.9 Å². The first kappa shape index (κ1) is 16.2. The van der Waals surface area contributed by atoms with Gasteiger partial charge in [-0.25, -0.2) is 4.79 Å². The van der Waals surface area contributed by atoms with Gasteiger partial charge in [0.2, 0.25) is 0 Å². The predicted octanol–water partition coefficient (Wildman–Crippen LogP) is 3.44. The summed E-state index contributed by atoms with van der Waals surface area (Å²) in [7, 11) is 0. The molecule has 118 valence electrons. The maximum atomic E-state index is 11.0. The second-order valence-electron chi connectivity index (χ2n) is 4.95. The van der Waals surface area contributed by atoms with Crippen LogP contribution in [0, 0.1) is 17.0 Å². The second-order valence-corrected chi connectivity index (χ2v) is 4.95. The van der Waals surface area contributed by atoms with Gasteiger partial charge >= 0.3 is 5.97 Å². The Bertz CT molecular complexity index is 782. The summed E-state index contributed by atoms with van der Waals surface area (Å²) in [6, 6.07) is 11.0. The van der Waals surface area contributed by atoms with Gasteiger partial charge in [0.1, 0.15) is 0 Å². The summed E-state index contributed by atoms with van der Waals surface area (Å²) in [4.78, 5) is 21.3. The zero-order valence-corrected chi connectivity index (χ0v) is 12.6. The molecule has 0 aliphatic heterocycles. The Morgan fingerprint density at radius 3 is 2.35 bits per heavy atom. The third-order valence-electron chi connectivity index (χ3n) is 3.31. The number of nitrogens with one attached hydrogen (secondary N) is 1. The molecule has 0 amide bonds. The van der Waals surface area contributed by atoms with E-state index < -0.39 is 10.9 Å². The third-order valence-corrected chi connectivity index (χ3v) is 3.31. The van der Waals surface area contributed by atoms with Gasteiger partial charge in [-0.3, -0.25) is 15.5 Å². The molecule has 23 heavy (non-hydrogen) atoms. The van der Waals surface area contributed by atoms with Crippen molar-refractivity contribution >= 4 is 23.1 Å². The van der Waals surface area contributed by atoms with Crippen LogP contribution in [0.2, 0.25) is 0 Å². The van der Waals surface area contributed by atoms with E-state index >= 15 is 0 Å². The van der Waals surface area contributed by atoms with Gasteiger partial charge in [0.25, 0.3) is 5.69 Å². The number of benzene rings is 2. The standard InChI is InChI=1S/C16H15N3O4/c1-10-3-4-13(9-15(10)19(22)23)11(2)17-18-14-7-5-12(6-8-14)16(20)21/h3-9,18H,1-2H3,(H,20,21)/b17-11+. The molecule has 0 aliphatic rings. The van der Waals surface area contributed by atoms with Gasteiger partial charge in [0.15, 0.2) is 0 Å². The van der Waals surface area contributed by atoms with Crippen LogP contribution in [0.25, 0.3) is 0 Å². The smallest absolute Gasteiger partial charge is 0.335 e. The topological polar surface area (TPSA) is 105 Å². The van der Waals surface area contributed by atoms with E-state index in [4.69, 9.17) is 5.11 Å². The number of nitro groups is 1. The highest BCUT2D eigenvalue weighted by molar-refractivity contribution is 5.99. The van der Waals surface area contributed by atoms with E-state index in [-0.39, 0.29) is 11.3 Å². The molecule has 2 aromatic rings. The van der Waals surface area contributed by atoms with Crippen molar-refractivity contribution in [2.24, 2.45) is 5.10 Å². The SMILES string of the molecule is C/C(=N\Nc1ccc(C(=O)O)cc1)c1ccc(C)c([N+](=O)[O-])c1. The van der Waals surface area contributed by atoms with Crippen molar-refractivity contribution in [1.29, 1.82) is 0 Å². The summed E-state index contributed by atoms with van der Waals surface area (Å²) < 4.78 is 0. The molecule has 0 aliphatic carbocycles. The Kier molecular flexibility index (Phi) is 4.70. The summed E-state index contributed by atoms with van der Waals surface area (Å²) >= 11 is 0. The van der Waals surface area contributed by atoms with E-state index in [9.17, 15) is 14.9 Å². The molecule has 0 saturated carbocycles. The monoisotopic (exact) mass is 313 g/mol. The lowest BCUT2D eigenvalue weighted by atomic mass is 10.1. The molecular weight excluding hydrogens is 298 g/mol. The van der Waals surface area contributed by atoms with Crippen molar-refractivity contribution in [3.8, 4) is 0 Å². The lowest BCUT2D eigenvalue weighted by molar-refractivity contribution is -0.385. The average Bonchev–Trinajstić information content (AvgIpc) is 2.53. The average molecular weight is 313 g/mol. The third kappa shape index (κ3) is 3.91. The van der Waals surface area contributed by atoms with Crippen LogP contribution in [0.4, 0.5) is 11.4 Å². The highest BCUT2D eigenvalue weighted by Crippen LogP contribution is 2.20. The van der Waals surface area contributed by atoms with Gasteiger partial charge in [-0.15, -0.1) is 0 Å². The van der Waals surface area contributed by atoms with Crippen LogP contribution >= 0.6 is 0 Å². The number of aryl methyl sites for hydroxylation is 1. The van der Waals surface area contributed by atoms with E-state index in [1.165, 1.54) is 18.2 Å². The minimum absolute atomic E-state index is 0.0443. The first-order valence-electron chi connectivity index (χ1n) is 6.77. The van der Waals surface area contributed by atoms with E-state index in [2.05, 4.69) is 10.5 Å². The largest absolute Gasteiger partial charge is 0.478 e. The van der Waals surface area contributed by atoms with Crippen molar-refractivity contribution in [3.63, 3.8) is 0 Å². The highest BCUT2D eigenvalue weighted by Gasteiger charge is 2.12. The Morgan fingerprint density at radius 2 is 1.78 bits per heavy atom. The normalized spacial score (nSPS) is 11.1. The summed E-state index contributed by atoms with van der Waals surface area (Å²) in [5, 5.41) is 24.0. The molecule has 0 heterocycles. The van der Waals surface area contributed by atoms with E-state index in [0.29, 0.717) is 22.5 Å². The number of hydrazone groups is 1. The summed E-state index contributed by atoms with van der Waals surface area (Å²) in [6.07, 6.45) is 0. The summed E-state index contributed by atoms with van der Waals surface area (Å²) in [5.41, 5.74) is 5.45. The van der Waals surface area contributed by atoms with Crippen LogP contribution < -0.4 is 5.43 Å². The van der Waals surface area contributed by atoms with E-state index in [0.717, 1.165) is 0 Å². The number of aromatic carboxylic acids is 1. The Balaban J connectivity index is 2.18. The van der Waals surface area contributed by atoms with Crippen molar-refractivity contribution in [2.75, 3.05) is 5.43 Å². The number of carboxylic acids is 1. The lowest BCUT2D eigenvalue weighted by Crippen LogP contribution is -2.02. The van der Waals surface area contributed by atoms with Gasteiger partial charge in [-0.2, -0.15) is 5.10 Å². The van der Waals surface area contributed by atoms with Gasteiger partial charge < -0.3 is 5.11 Å². The number of carbonyl (C=O) groups is 1. The second kappa shape index (κ2) is 6.69. The molecule has 2 N–H and O–H groups in total. The fraction of sp³-hybridized carbons (Fsp3) is 0.125. The first-order chi connectivity index (χ1) is 10.9. The first-order valence-corrected chi connectivity index (χ1v) is 6.77. The number of nitro benzene ring substituents is 1. The van der Waals surface area contributed by atoms with Crippen molar-refractivity contribution in [1.82, 2.24) is 0 Å². The van der Waals surface area contributed by atoms with Gasteiger partial charge in [-0.05, 0) is 38.1 Å². The van der Waals surface area contributed by atoms with Crippen LogP contribution in [0.3, 0.4) is 0 Å². The highest BCUT2D eigenvalue weighted by atomic mass is 16.6. The molecule has 0 bridgehead atoms. The maximum absolute atomic E-state index is 11.0. The van der Waals surface area contributed by atoms with Crippen LogP contribution in [-0.4, -0.2) is 21.7 Å². The van der Waals surface area contributed by atoms with Gasteiger partial charge in [-0.1, -0.05) is 12.1 Å². The fourth-order valence-electron chi connectivity index (χ4n) is 1.93. The number of carboxylic acid groups (broad SMARTS) is 1. The van der Waals surface area contributed by atoms with Gasteiger partial charge in [0, 0.05) is 17.2 Å². The van der Waals surface area contributed by atoms with Crippen molar-refractivity contribution in [3.05, 3.63) is 69.3 Å². The molecule has 0 saturated heterocycles. The quantitative estimate of drug-likeness (QED) is 0.500. The minimum Gasteiger partial charge on any atom is -0.478 e. The molecular formula is C16H15N3O4. The van der Waals surface area contributed by atoms with Crippen LogP contribution in [0.5, 0.6) is 0 Å². The molecule has 7 heteroatoms. The molecule has 7 nitrogen and oxygen atoms in total. The number of hydrogen-bond donors (Lipinski definition) is 2. The maximum Gasteiger partial charge on any atom is 0.335 e. The minimum atomic E-state index is -0.997. The summed E-state index contributed by atoms with van der Waals surface area (Å²) in [6.45, 7) is 3.41. The molecule has 0 aromatic heterocycles. The Morgan fingerprint density at radius 1 is 1.17 bits per heavy atom. The number of hydrogen-bond acceptors (Lipinski definition) is 5. The molecule has 0 spiro atoms. The predicted molar refractivity (Wildman–Crippen MR) is 87.1 cm³/mol. The van der Waals surface area contributed by atoms with Crippen molar-refractivity contribution < 1.29 is 14.8 Å². The molecule has 2 aromatic carbocycles. The van der Waals surface area contributed by atoms with Crippen LogP contribution in [-0.2, 0) is 0 Å². The zero-order chi connectivity index (χ0) is 17.0. The molecule has 2 rings (SSSR count). The number of nitrogens with zero attached hydrogens (tertiary/aromatic N) is 2. The van der Waals surface area contributed by atoms with E-state index in [1.54, 1.807) is 38.1 Å². The fourth-order valence-corrected chi connectivity index (χ4v) is 1.93. The zero-order valence-electron chi connectivity index (χ0n) is 12.6.